The van der Waals surface area contributed by atoms with Gasteiger partial charge < -0.3 is 9.84 Å². The van der Waals surface area contributed by atoms with E-state index in [9.17, 15) is 18.3 Å². The third-order valence-electron chi connectivity index (χ3n) is 5.75. The van der Waals surface area contributed by atoms with E-state index in [4.69, 9.17) is 4.74 Å². The smallest absolute Gasteiger partial charge is 0.337 e. The van der Waals surface area contributed by atoms with E-state index < -0.39 is 27.7 Å². The summed E-state index contributed by atoms with van der Waals surface area (Å²) in [5.41, 5.74) is 6.22. The van der Waals surface area contributed by atoms with Gasteiger partial charge in [-0.2, -0.15) is 4.31 Å². The zero-order chi connectivity index (χ0) is 23.3. The molecule has 1 atom stereocenters. The van der Waals surface area contributed by atoms with Gasteiger partial charge >= 0.3 is 5.97 Å². The molecule has 0 radical (unpaired) electrons. The molecule has 0 spiro atoms. The average Bonchev–Trinajstić information content (AvgIpc) is 3.09. The molecule has 1 heterocycles. The first-order valence-electron chi connectivity index (χ1n) is 10.3. The highest BCUT2D eigenvalue weighted by molar-refractivity contribution is 7.88. The lowest BCUT2D eigenvalue weighted by Gasteiger charge is -2.30. The summed E-state index contributed by atoms with van der Waals surface area (Å²) in [6.45, 7) is 11.8. The minimum atomic E-state index is -3.38. The van der Waals surface area contributed by atoms with Gasteiger partial charge in [0, 0.05) is 18.7 Å². The maximum atomic E-state index is 12.4. The van der Waals surface area contributed by atoms with E-state index in [2.05, 4.69) is 0 Å². The average molecular weight is 446 g/mol. The second-order valence-electron chi connectivity index (χ2n) is 9.34. The van der Waals surface area contributed by atoms with Gasteiger partial charge in [-0.15, -0.1) is 0 Å². The van der Waals surface area contributed by atoms with Gasteiger partial charge in [0.25, 0.3) is 0 Å². The van der Waals surface area contributed by atoms with E-state index in [1.807, 2.05) is 65.8 Å². The Bertz CT molecular complexity index is 1130. The van der Waals surface area contributed by atoms with E-state index in [-0.39, 0.29) is 13.1 Å². The highest BCUT2D eigenvalue weighted by Gasteiger charge is 2.37. The van der Waals surface area contributed by atoms with Crippen LogP contribution in [0.4, 0.5) is 0 Å². The van der Waals surface area contributed by atoms with Gasteiger partial charge in [0.05, 0.1) is 11.9 Å². The lowest BCUT2D eigenvalue weighted by Crippen LogP contribution is -2.28. The zero-order valence-corrected chi connectivity index (χ0v) is 20.1. The number of carbonyl (C=O) groups is 1. The number of rotatable bonds is 5. The van der Waals surface area contributed by atoms with E-state index in [0.29, 0.717) is 5.56 Å². The molecule has 0 fully saturated rings. The van der Waals surface area contributed by atoms with Crippen LogP contribution in [0.25, 0.3) is 11.1 Å². The van der Waals surface area contributed by atoms with Gasteiger partial charge in [0.2, 0.25) is 10.0 Å². The molecular weight excluding hydrogens is 414 g/mol. The van der Waals surface area contributed by atoms with Crippen LogP contribution in [0.5, 0.6) is 0 Å². The lowest BCUT2D eigenvalue weighted by molar-refractivity contribution is -0.160. The molecule has 1 unspecified atom stereocenters. The summed E-state index contributed by atoms with van der Waals surface area (Å²) in [4.78, 5) is 12.4. The summed E-state index contributed by atoms with van der Waals surface area (Å²) in [6, 6.07) is 7.94. The standard InChI is InChI=1S/C24H31NO5S/c1-14-8-10-17(11-9-14)20-15(2)18-12-25(31(7,28)29)13-19(18)16(3)21(20)22(23(26)27)30-24(4,5)6/h8-11,22H,12-13H2,1-7H3,(H,26,27). The number of benzene rings is 2. The molecule has 31 heavy (non-hydrogen) atoms. The number of fused-ring (bicyclic) bond motifs is 1. The fourth-order valence-electron chi connectivity index (χ4n) is 4.23. The molecule has 6 nitrogen and oxygen atoms in total. The van der Waals surface area contributed by atoms with Crippen LogP contribution in [-0.2, 0) is 32.6 Å². The molecule has 168 valence electrons. The molecular formula is C24H31NO5S. The minimum Gasteiger partial charge on any atom is -0.479 e. The number of hydrogen-bond donors (Lipinski definition) is 1. The van der Waals surface area contributed by atoms with E-state index in [1.54, 1.807) is 0 Å². The second-order valence-corrected chi connectivity index (χ2v) is 11.3. The predicted octanol–water partition coefficient (Wildman–Crippen LogP) is 4.49. The first-order valence-corrected chi connectivity index (χ1v) is 12.1. The Morgan fingerprint density at radius 2 is 1.55 bits per heavy atom. The molecule has 1 N–H and O–H groups in total. The van der Waals surface area contributed by atoms with Crippen LogP contribution >= 0.6 is 0 Å². The summed E-state index contributed by atoms with van der Waals surface area (Å²) in [7, 11) is -3.38. The quantitative estimate of drug-likeness (QED) is 0.733. The molecule has 0 amide bonds. The van der Waals surface area contributed by atoms with Gasteiger partial charge in [-0.3, -0.25) is 0 Å². The lowest BCUT2D eigenvalue weighted by atomic mass is 9.83. The third kappa shape index (κ3) is 4.68. The summed E-state index contributed by atoms with van der Waals surface area (Å²) in [6.07, 6.45) is 0.0290. The Kier molecular flexibility index (Phi) is 6.08. The monoisotopic (exact) mass is 445 g/mol. The van der Waals surface area contributed by atoms with Crippen LogP contribution in [0.2, 0.25) is 0 Å². The fraction of sp³-hybridized carbons (Fsp3) is 0.458. The van der Waals surface area contributed by atoms with Crippen molar-refractivity contribution in [1.29, 1.82) is 0 Å². The Morgan fingerprint density at radius 1 is 1.03 bits per heavy atom. The number of aliphatic carboxylic acids is 1. The van der Waals surface area contributed by atoms with Crippen molar-refractivity contribution in [3.63, 3.8) is 0 Å². The maximum absolute atomic E-state index is 12.4. The molecule has 0 aromatic heterocycles. The van der Waals surface area contributed by atoms with Crippen molar-refractivity contribution in [3.8, 4) is 11.1 Å². The summed E-state index contributed by atoms with van der Waals surface area (Å²) in [5, 5.41) is 10.1. The van der Waals surface area contributed by atoms with Gasteiger partial charge in [0.1, 0.15) is 0 Å². The van der Waals surface area contributed by atoms with Gasteiger partial charge in [-0.05, 0) is 74.9 Å². The van der Waals surface area contributed by atoms with Crippen LogP contribution in [-0.4, -0.2) is 35.7 Å². The molecule has 7 heteroatoms. The Hall–Kier alpha value is -2.22. The van der Waals surface area contributed by atoms with Crippen molar-refractivity contribution in [2.24, 2.45) is 0 Å². The number of nitrogens with zero attached hydrogens (tertiary/aromatic N) is 1. The highest BCUT2D eigenvalue weighted by atomic mass is 32.2. The van der Waals surface area contributed by atoms with Crippen molar-refractivity contribution >= 4 is 16.0 Å². The molecule has 2 aromatic carbocycles. The van der Waals surface area contributed by atoms with Crippen LogP contribution in [0.1, 0.15) is 60.3 Å². The zero-order valence-electron chi connectivity index (χ0n) is 19.2. The summed E-state index contributed by atoms with van der Waals surface area (Å²) in [5.74, 6) is -1.07. The number of carboxylic acids is 1. The molecule has 0 aliphatic carbocycles. The van der Waals surface area contributed by atoms with Crippen molar-refractivity contribution < 1.29 is 23.1 Å². The minimum absolute atomic E-state index is 0.240. The Balaban J connectivity index is 2.34. The first kappa shape index (κ1) is 23.4. The third-order valence-corrected chi connectivity index (χ3v) is 6.95. The van der Waals surface area contributed by atoms with Crippen LogP contribution in [0.3, 0.4) is 0 Å². The van der Waals surface area contributed by atoms with Crippen molar-refractivity contribution in [1.82, 2.24) is 4.31 Å². The molecule has 1 aliphatic rings. The normalized spacial score (nSPS) is 15.7. The molecule has 0 bridgehead atoms. The number of carboxylic acid groups (broad SMARTS) is 1. The molecule has 1 aliphatic heterocycles. The number of aryl methyl sites for hydroxylation is 1. The summed E-state index contributed by atoms with van der Waals surface area (Å²) < 4.78 is 31.9. The molecule has 3 rings (SSSR count). The van der Waals surface area contributed by atoms with Crippen LogP contribution in [0, 0.1) is 20.8 Å². The van der Waals surface area contributed by atoms with Gasteiger partial charge in [0.15, 0.2) is 6.10 Å². The Morgan fingerprint density at radius 3 is 2.00 bits per heavy atom. The van der Waals surface area contributed by atoms with Crippen molar-refractivity contribution in [3.05, 3.63) is 57.6 Å². The first-order chi connectivity index (χ1) is 14.2. The number of ether oxygens (including phenoxy) is 1. The highest BCUT2D eigenvalue weighted by Crippen LogP contribution is 2.44. The largest absolute Gasteiger partial charge is 0.479 e. The van der Waals surface area contributed by atoms with E-state index >= 15 is 0 Å². The molecule has 0 saturated carbocycles. The molecule has 0 saturated heterocycles. The Labute approximate surface area is 184 Å². The fourth-order valence-corrected chi connectivity index (χ4v) is 4.96. The number of sulfonamides is 1. The SMILES string of the molecule is Cc1ccc(-c2c(C)c3c(c(C)c2C(OC(C)(C)C)C(=O)O)CN(S(C)(=O)=O)C3)cc1. The maximum Gasteiger partial charge on any atom is 0.337 e. The number of hydrogen-bond acceptors (Lipinski definition) is 4. The predicted molar refractivity (Wildman–Crippen MR) is 121 cm³/mol. The van der Waals surface area contributed by atoms with Gasteiger partial charge in [-0.25, -0.2) is 13.2 Å². The van der Waals surface area contributed by atoms with Crippen LogP contribution < -0.4 is 0 Å². The molecule has 2 aromatic rings. The van der Waals surface area contributed by atoms with Gasteiger partial charge in [-0.1, -0.05) is 29.8 Å². The van der Waals surface area contributed by atoms with Crippen molar-refractivity contribution in [2.75, 3.05) is 6.26 Å². The van der Waals surface area contributed by atoms with E-state index in [1.165, 1.54) is 10.6 Å². The summed E-state index contributed by atoms with van der Waals surface area (Å²) >= 11 is 0. The topological polar surface area (TPSA) is 83.9 Å². The van der Waals surface area contributed by atoms with Crippen LogP contribution in [0.15, 0.2) is 24.3 Å². The second kappa shape index (κ2) is 8.04. The van der Waals surface area contributed by atoms with E-state index in [0.717, 1.165) is 38.9 Å². The van der Waals surface area contributed by atoms with Crippen molar-refractivity contribution in [2.45, 2.75) is 66.3 Å².